The highest BCUT2D eigenvalue weighted by Gasteiger charge is 2.70. The monoisotopic (exact) mass is 424 g/mol. The summed E-state index contributed by atoms with van der Waals surface area (Å²) in [6.07, 6.45) is -1.27. The number of carbonyl (C=O) groups is 3. The van der Waals surface area contributed by atoms with Crippen LogP contribution in [0.15, 0.2) is 28.7 Å². The molecule has 2 aliphatic rings. The molecule has 2 aliphatic heterocycles. The standard InChI is InChI=1S/C18H21BrN2O5/c1-17(2,3)26-16(24)21-13(11-6-5-7-12(19)10-11)18(21,4)14(22)20-8-9-25-15(20)23/h5-7,10,13H,8-9H2,1-4H3/t13-,18+,21?/m1/s1. The zero-order chi connectivity index (χ0) is 19.3. The molecule has 2 heterocycles. The van der Waals surface area contributed by atoms with E-state index in [2.05, 4.69) is 15.9 Å². The highest BCUT2D eigenvalue weighted by molar-refractivity contribution is 9.10. The normalized spacial score (nSPS) is 25.1. The maximum Gasteiger partial charge on any atom is 0.416 e. The molecule has 140 valence electrons. The molecule has 0 N–H and O–H groups in total. The molecule has 3 amide bonds. The Morgan fingerprint density at radius 3 is 2.58 bits per heavy atom. The molecular formula is C18H21BrN2O5. The van der Waals surface area contributed by atoms with Crippen LogP contribution in [0.25, 0.3) is 0 Å². The summed E-state index contributed by atoms with van der Waals surface area (Å²) in [5, 5.41) is 0. The van der Waals surface area contributed by atoms with Gasteiger partial charge in [0.2, 0.25) is 0 Å². The Labute approximate surface area is 160 Å². The summed E-state index contributed by atoms with van der Waals surface area (Å²) in [7, 11) is 0. The van der Waals surface area contributed by atoms with Crippen LogP contribution in [-0.2, 0) is 14.3 Å². The van der Waals surface area contributed by atoms with Crippen molar-refractivity contribution in [3.8, 4) is 0 Å². The molecule has 0 bridgehead atoms. The van der Waals surface area contributed by atoms with E-state index < -0.39 is 35.3 Å². The molecule has 0 aromatic heterocycles. The Balaban J connectivity index is 1.95. The molecule has 2 atom stereocenters. The molecule has 1 aromatic rings. The van der Waals surface area contributed by atoms with E-state index in [0.717, 1.165) is 14.9 Å². The van der Waals surface area contributed by atoms with Gasteiger partial charge in [0.1, 0.15) is 17.7 Å². The minimum atomic E-state index is -1.20. The fraction of sp³-hybridized carbons (Fsp3) is 0.500. The fourth-order valence-electron chi connectivity index (χ4n) is 3.22. The van der Waals surface area contributed by atoms with Crippen LogP contribution in [0.2, 0.25) is 0 Å². The number of halogens is 1. The summed E-state index contributed by atoms with van der Waals surface area (Å²) in [6, 6.07) is 6.87. The van der Waals surface area contributed by atoms with Gasteiger partial charge in [-0.05, 0) is 45.4 Å². The summed E-state index contributed by atoms with van der Waals surface area (Å²) in [4.78, 5) is 40.0. The molecule has 0 spiro atoms. The maximum atomic E-state index is 13.1. The van der Waals surface area contributed by atoms with E-state index in [-0.39, 0.29) is 13.2 Å². The summed E-state index contributed by atoms with van der Waals surface area (Å²) < 4.78 is 11.2. The number of amides is 3. The smallest absolute Gasteiger partial charge is 0.416 e. The van der Waals surface area contributed by atoms with Crippen molar-refractivity contribution in [2.75, 3.05) is 13.2 Å². The van der Waals surface area contributed by atoms with Gasteiger partial charge in [-0.25, -0.2) is 14.5 Å². The largest absolute Gasteiger partial charge is 0.447 e. The van der Waals surface area contributed by atoms with Crippen LogP contribution in [-0.4, -0.2) is 52.2 Å². The van der Waals surface area contributed by atoms with Gasteiger partial charge in [0.25, 0.3) is 5.91 Å². The number of hydrogen-bond acceptors (Lipinski definition) is 5. The van der Waals surface area contributed by atoms with Gasteiger partial charge in [0.05, 0.1) is 12.6 Å². The van der Waals surface area contributed by atoms with Crippen molar-refractivity contribution in [3.63, 3.8) is 0 Å². The van der Waals surface area contributed by atoms with E-state index >= 15 is 0 Å². The lowest BCUT2D eigenvalue weighted by atomic mass is 10.00. The predicted octanol–water partition coefficient (Wildman–Crippen LogP) is 3.48. The third-order valence-corrected chi connectivity index (χ3v) is 4.91. The first kappa shape index (κ1) is 18.7. The van der Waals surface area contributed by atoms with Gasteiger partial charge in [-0.2, -0.15) is 0 Å². The van der Waals surface area contributed by atoms with Crippen LogP contribution < -0.4 is 0 Å². The molecule has 2 fully saturated rings. The number of nitrogens with zero attached hydrogens (tertiary/aromatic N) is 2. The number of carbonyl (C=O) groups excluding carboxylic acids is 3. The second kappa shape index (κ2) is 6.26. The van der Waals surface area contributed by atoms with Crippen molar-refractivity contribution >= 4 is 34.0 Å². The van der Waals surface area contributed by atoms with E-state index in [9.17, 15) is 14.4 Å². The van der Waals surface area contributed by atoms with Crippen LogP contribution in [0.3, 0.4) is 0 Å². The maximum absolute atomic E-state index is 13.1. The minimum Gasteiger partial charge on any atom is -0.447 e. The lowest BCUT2D eigenvalue weighted by molar-refractivity contribution is -0.131. The van der Waals surface area contributed by atoms with Crippen molar-refractivity contribution in [1.29, 1.82) is 0 Å². The molecule has 0 saturated carbocycles. The second-order valence-corrected chi connectivity index (χ2v) is 8.44. The molecule has 3 rings (SSSR count). The summed E-state index contributed by atoms with van der Waals surface area (Å²) >= 11 is 3.41. The van der Waals surface area contributed by atoms with E-state index in [1.54, 1.807) is 27.7 Å². The Bertz CT molecular complexity index is 775. The molecule has 8 heteroatoms. The zero-order valence-electron chi connectivity index (χ0n) is 15.1. The predicted molar refractivity (Wildman–Crippen MR) is 96.4 cm³/mol. The number of rotatable bonds is 2. The van der Waals surface area contributed by atoms with Gasteiger partial charge < -0.3 is 9.47 Å². The summed E-state index contributed by atoms with van der Waals surface area (Å²) in [5.74, 6) is -0.462. The number of ether oxygens (including phenoxy) is 2. The van der Waals surface area contributed by atoms with Crippen LogP contribution in [0.1, 0.15) is 39.3 Å². The topological polar surface area (TPSA) is 75.9 Å². The van der Waals surface area contributed by atoms with Crippen molar-refractivity contribution in [2.45, 2.75) is 44.9 Å². The average Bonchev–Trinajstić information content (AvgIpc) is 2.95. The van der Waals surface area contributed by atoms with Crippen molar-refractivity contribution in [1.82, 2.24) is 9.80 Å². The number of cyclic esters (lactones) is 1. The van der Waals surface area contributed by atoms with E-state index in [0.29, 0.717) is 0 Å². The Kier molecular flexibility index (Phi) is 4.50. The lowest BCUT2D eigenvalue weighted by Crippen LogP contribution is -2.44. The Morgan fingerprint density at radius 2 is 2.04 bits per heavy atom. The lowest BCUT2D eigenvalue weighted by Gasteiger charge is -2.22. The van der Waals surface area contributed by atoms with E-state index in [1.807, 2.05) is 24.3 Å². The Hall–Kier alpha value is -2.09. The van der Waals surface area contributed by atoms with Crippen LogP contribution in [0, 0.1) is 0 Å². The number of hydrogen-bond donors (Lipinski definition) is 0. The van der Waals surface area contributed by atoms with Crippen LogP contribution >= 0.6 is 15.9 Å². The highest BCUT2D eigenvalue weighted by Crippen LogP contribution is 2.55. The van der Waals surface area contributed by atoms with Crippen LogP contribution in [0.5, 0.6) is 0 Å². The third-order valence-electron chi connectivity index (χ3n) is 4.42. The number of benzene rings is 1. The first-order valence-corrected chi connectivity index (χ1v) is 9.11. The summed E-state index contributed by atoms with van der Waals surface area (Å²) in [5.41, 5.74) is -1.11. The van der Waals surface area contributed by atoms with E-state index in [1.165, 1.54) is 4.90 Å². The summed E-state index contributed by atoms with van der Waals surface area (Å²) in [6.45, 7) is 7.28. The zero-order valence-corrected chi connectivity index (χ0v) is 16.7. The minimum absolute atomic E-state index is 0.161. The SMILES string of the molecule is CC(C)(C)OC(=O)N1[C@H](c2cccc(Br)c2)[C@@]1(C)C(=O)N1CCOC1=O. The van der Waals surface area contributed by atoms with E-state index in [4.69, 9.17) is 9.47 Å². The van der Waals surface area contributed by atoms with Crippen molar-refractivity contribution in [2.24, 2.45) is 0 Å². The third kappa shape index (κ3) is 3.18. The molecule has 1 aromatic carbocycles. The molecule has 26 heavy (non-hydrogen) atoms. The second-order valence-electron chi connectivity index (χ2n) is 7.53. The van der Waals surface area contributed by atoms with Gasteiger partial charge in [0.15, 0.2) is 0 Å². The fourth-order valence-corrected chi connectivity index (χ4v) is 3.63. The van der Waals surface area contributed by atoms with Crippen molar-refractivity contribution < 1.29 is 23.9 Å². The first-order chi connectivity index (χ1) is 12.1. The van der Waals surface area contributed by atoms with Gasteiger partial charge in [-0.3, -0.25) is 9.69 Å². The quantitative estimate of drug-likeness (QED) is 0.679. The van der Waals surface area contributed by atoms with Gasteiger partial charge in [-0.1, -0.05) is 28.1 Å². The molecule has 2 saturated heterocycles. The number of imide groups is 1. The Morgan fingerprint density at radius 1 is 1.35 bits per heavy atom. The molecule has 0 aliphatic carbocycles. The molecule has 0 radical (unpaired) electrons. The van der Waals surface area contributed by atoms with Gasteiger partial charge in [0, 0.05) is 4.47 Å². The van der Waals surface area contributed by atoms with Gasteiger partial charge >= 0.3 is 12.2 Å². The first-order valence-electron chi connectivity index (χ1n) is 8.32. The van der Waals surface area contributed by atoms with Gasteiger partial charge in [-0.15, -0.1) is 0 Å². The highest BCUT2D eigenvalue weighted by atomic mass is 79.9. The molecule has 7 nitrogen and oxygen atoms in total. The van der Waals surface area contributed by atoms with Crippen molar-refractivity contribution in [3.05, 3.63) is 34.3 Å². The molecular weight excluding hydrogens is 404 g/mol. The van der Waals surface area contributed by atoms with Crippen LogP contribution in [0.4, 0.5) is 9.59 Å². The molecule has 0 unspecified atom stereocenters. The average molecular weight is 425 g/mol.